The van der Waals surface area contributed by atoms with Gasteiger partial charge in [-0.25, -0.2) is 0 Å². The Morgan fingerprint density at radius 2 is 2.00 bits per heavy atom. The fourth-order valence-corrected chi connectivity index (χ4v) is 3.21. The minimum Gasteiger partial charge on any atom is -0.481 e. The molecule has 0 amide bonds. The summed E-state index contributed by atoms with van der Waals surface area (Å²) in [5.41, 5.74) is 4.51. The van der Waals surface area contributed by atoms with Crippen LogP contribution in [0.5, 0.6) is 0 Å². The molecule has 1 N–H and O–H groups in total. The predicted molar refractivity (Wildman–Crippen MR) is 79.4 cm³/mol. The Morgan fingerprint density at radius 3 is 2.57 bits per heavy atom. The van der Waals surface area contributed by atoms with Crippen molar-refractivity contribution < 1.29 is 19.4 Å². The zero-order valence-corrected chi connectivity index (χ0v) is 13.1. The number of carboxylic acids is 1. The summed E-state index contributed by atoms with van der Waals surface area (Å²) in [6, 6.07) is 2.03. The van der Waals surface area contributed by atoms with Crippen LogP contribution < -0.4 is 0 Å². The average Bonchev–Trinajstić information content (AvgIpc) is 2.73. The lowest BCUT2D eigenvalue weighted by atomic mass is 9.87. The van der Waals surface area contributed by atoms with Crippen molar-refractivity contribution in [3.05, 3.63) is 33.9 Å². The Labute approximate surface area is 125 Å². The number of aryl methyl sites for hydroxylation is 1. The molecule has 4 heteroatoms. The van der Waals surface area contributed by atoms with E-state index in [0.717, 1.165) is 27.8 Å². The number of rotatable bonds is 4. The number of ether oxygens (including phenoxy) is 1. The van der Waals surface area contributed by atoms with Gasteiger partial charge in [-0.2, -0.15) is 0 Å². The molecule has 0 heterocycles. The molecule has 0 spiro atoms. The molecule has 0 fully saturated rings. The van der Waals surface area contributed by atoms with Gasteiger partial charge in [0.15, 0.2) is 0 Å². The lowest BCUT2D eigenvalue weighted by Crippen LogP contribution is -2.27. The van der Waals surface area contributed by atoms with Crippen LogP contribution in [0, 0.1) is 19.3 Å². The summed E-state index contributed by atoms with van der Waals surface area (Å²) in [6.07, 6.45) is 1.33. The standard InChI is InChI=1S/C17H22O4/c1-5-21-15(18)7-13-10(2)6-12-8-17(4,16(19)20)9-14(12)11(13)3/h6H,5,7-9H2,1-4H3,(H,19,20). The third-order valence-corrected chi connectivity index (χ3v) is 4.45. The predicted octanol–water partition coefficient (Wildman–Crippen LogP) is 2.60. The van der Waals surface area contributed by atoms with Crippen molar-refractivity contribution in [1.82, 2.24) is 0 Å². The first-order chi connectivity index (χ1) is 9.78. The van der Waals surface area contributed by atoms with Gasteiger partial charge in [-0.1, -0.05) is 6.07 Å². The molecule has 1 aromatic rings. The number of hydrogen-bond acceptors (Lipinski definition) is 3. The number of carbonyl (C=O) groups excluding carboxylic acids is 1. The van der Waals surface area contributed by atoms with Crippen molar-refractivity contribution in [2.24, 2.45) is 5.41 Å². The van der Waals surface area contributed by atoms with Gasteiger partial charge < -0.3 is 9.84 Å². The van der Waals surface area contributed by atoms with Crippen LogP contribution in [0.1, 0.15) is 41.7 Å². The Hall–Kier alpha value is -1.84. The van der Waals surface area contributed by atoms with Gasteiger partial charge in [-0.15, -0.1) is 0 Å². The summed E-state index contributed by atoms with van der Waals surface area (Å²) >= 11 is 0. The molecule has 0 radical (unpaired) electrons. The Kier molecular flexibility index (Phi) is 4.08. The first-order valence-corrected chi connectivity index (χ1v) is 7.28. The lowest BCUT2D eigenvalue weighted by Gasteiger charge is -2.17. The summed E-state index contributed by atoms with van der Waals surface area (Å²) in [6.45, 7) is 7.90. The number of aliphatic carboxylic acids is 1. The van der Waals surface area contributed by atoms with Crippen LogP contribution in [0.4, 0.5) is 0 Å². The van der Waals surface area contributed by atoms with E-state index in [0.29, 0.717) is 19.4 Å². The first kappa shape index (κ1) is 15.5. The number of fused-ring (bicyclic) bond motifs is 1. The number of benzene rings is 1. The van der Waals surface area contributed by atoms with Crippen LogP contribution in [0.3, 0.4) is 0 Å². The molecule has 0 saturated carbocycles. The summed E-state index contributed by atoms with van der Waals surface area (Å²) in [7, 11) is 0. The summed E-state index contributed by atoms with van der Waals surface area (Å²) in [5, 5.41) is 9.42. The summed E-state index contributed by atoms with van der Waals surface area (Å²) in [4.78, 5) is 23.2. The highest BCUT2D eigenvalue weighted by atomic mass is 16.5. The van der Waals surface area contributed by atoms with Gasteiger partial charge in [0.25, 0.3) is 0 Å². The van der Waals surface area contributed by atoms with Crippen molar-refractivity contribution in [3.8, 4) is 0 Å². The second-order valence-electron chi connectivity index (χ2n) is 6.14. The largest absolute Gasteiger partial charge is 0.481 e. The molecule has 0 saturated heterocycles. The number of carboxylic acid groups (broad SMARTS) is 1. The minimum atomic E-state index is -0.761. The fraction of sp³-hybridized carbons (Fsp3) is 0.529. The van der Waals surface area contributed by atoms with E-state index in [4.69, 9.17) is 4.74 Å². The highest BCUT2D eigenvalue weighted by Crippen LogP contribution is 2.40. The van der Waals surface area contributed by atoms with E-state index in [9.17, 15) is 14.7 Å². The van der Waals surface area contributed by atoms with Crippen LogP contribution in [0.15, 0.2) is 6.07 Å². The van der Waals surface area contributed by atoms with E-state index < -0.39 is 11.4 Å². The van der Waals surface area contributed by atoms with Crippen molar-refractivity contribution in [1.29, 1.82) is 0 Å². The molecule has 2 rings (SSSR count). The molecule has 1 atom stereocenters. The molecular weight excluding hydrogens is 268 g/mol. The maximum atomic E-state index is 11.7. The van der Waals surface area contributed by atoms with Crippen LogP contribution in [-0.4, -0.2) is 23.7 Å². The molecule has 0 bridgehead atoms. The minimum absolute atomic E-state index is 0.234. The third kappa shape index (κ3) is 2.80. The van der Waals surface area contributed by atoms with Gasteiger partial charge in [-0.05, 0) is 68.4 Å². The maximum absolute atomic E-state index is 11.7. The topological polar surface area (TPSA) is 63.6 Å². The molecular formula is C17H22O4. The molecule has 1 unspecified atom stereocenters. The zero-order chi connectivity index (χ0) is 15.8. The van der Waals surface area contributed by atoms with Gasteiger partial charge in [0, 0.05) is 0 Å². The fourth-order valence-electron chi connectivity index (χ4n) is 3.21. The second kappa shape index (κ2) is 5.51. The zero-order valence-electron chi connectivity index (χ0n) is 13.1. The Bertz CT molecular complexity index is 603. The highest BCUT2D eigenvalue weighted by Gasteiger charge is 2.40. The summed E-state index contributed by atoms with van der Waals surface area (Å²) < 4.78 is 5.02. The first-order valence-electron chi connectivity index (χ1n) is 7.28. The molecule has 4 nitrogen and oxygen atoms in total. The monoisotopic (exact) mass is 290 g/mol. The van der Waals surface area contributed by atoms with Crippen molar-refractivity contribution >= 4 is 11.9 Å². The smallest absolute Gasteiger partial charge is 0.310 e. The van der Waals surface area contributed by atoms with E-state index in [1.807, 2.05) is 19.9 Å². The molecule has 0 aliphatic heterocycles. The van der Waals surface area contributed by atoms with Gasteiger partial charge in [-0.3, -0.25) is 9.59 Å². The quantitative estimate of drug-likeness (QED) is 0.866. The van der Waals surface area contributed by atoms with Crippen LogP contribution >= 0.6 is 0 Å². The van der Waals surface area contributed by atoms with Gasteiger partial charge in [0.2, 0.25) is 0 Å². The molecule has 21 heavy (non-hydrogen) atoms. The van der Waals surface area contributed by atoms with E-state index >= 15 is 0 Å². The highest BCUT2D eigenvalue weighted by molar-refractivity contribution is 5.78. The summed E-state index contributed by atoms with van der Waals surface area (Å²) in [5.74, 6) is -0.995. The van der Waals surface area contributed by atoms with Crippen LogP contribution in [0.2, 0.25) is 0 Å². The van der Waals surface area contributed by atoms with Crippen molar-refractivity contribution in [2.45, 2.75) is 47.0 Å². The average molecular weight is 290 g/mol. The van der Waals surface area contributed by atoms with Crippen LogP contribution in [-0.2, 0) is 33.6 Å². The van der Waals surface area contributed by atoms with Gasteiger partial charge >= 0.3 is 11.9 Å². The maximum Gasteiger partial charge on any atom is 0.310 e. The van der Waals surface area contributed by atoms with Gasteiger partial charge in [0.1, 0.15) is 0 Å². The van der Waals surface area contributed by atoms with E-state index in [1.165, 1.54) is 0 Å². The second-order valence-corrected chi connectivity index (χ2v) is 6.14. The Morgan fingerprint density at radius 1 is 1.33 bits per heavy atom. The molecule has 114 valence electrons. The van der Waals surface area contributed by atoms with Crippen LogP contribution in [0.25, 0.3) is 0 Å². The molecule has 1 aliphatic rings. The molecule has 1 aromatic carbocycles. The number of hydrogen-bond donors (Lipinski definition) is 1. The van der Waals surface area contributed by atoms with Crippen molar-refractivity contribution in [2.75, 3.05) is 6.61 Å². The van der Waals surface area contributed by atoms with Crippen molar-refractivity contribution in [3.63, 3.8) is 0 Å². The number of esters is 1. The van der Waals surface area contributed by atoms with E-state index in [-0.39, 0.29) is 12.4 Å². The third-order valence-electron chi connectivity index (χ3n) is 4.45. The molecule has 1 aliphatic carbocycles. The molecule has 0 aromatic heterocycles. The normalized spacial score (nSPS) is 20.2. The number of carbonyl (C=O) groups is 2. The van der Waals surface area contributed by atoms with Gasteiger partial charge in [0.05, 0.1) is 18.4 Å². The van der Waals surface area contributed by atoms with E-state index in [2.05, 4.69) is 0 Å². The lowest BCUT2D eigenvalue weighted by molar-refractivity contribution is -0.147. The SMILES string of the molecule is CCOC(=O)Cc1c(C)cc2c(c1C)CC(C)(C(=O)O)C2. The van der Waals surface area contributed by atoms with E-state index in [1.54, 1.807) is 13.8 Å². The Balaban J connectivity index is 2.38.